The van der Waals surface area contributed by atoms with Crippen LogP contribution in [-0.4, -0.2) is 59.7 Å². The van der Waals surface area contributed by atoms with Gasteiger partial charge >= 0.3 is 0 Å². The third-order valence-corrected chi connectivity index (χ3v) is 5.27. The van der Waals surface area contributed by atoms with E-state index in [1.54, 1.807) is 0 Å². The highest BCUT2D eigenvalue weighted by Gasteiger charge is 2.27. The van der Waals surface area contributed by atoms with Crippen molar-refractivity contribution in [3.63, 3.8) is 0 Å². The highest BCUT2D eigenvalue weighted by atomic mass is 16.5. The number of aromatic nitrogens is 2. The van der Waals surface area contributed by atoms with Crippen molar-refractivity contribution in [1.82, 2.24) is 14.3 Å². The van der Waals surface area contributed by atoms with E-state index in [0.29, 0.717) is 5.69 Å². The lowest BCUT2D eigenvalue weighted by Gasteiger charge is -2.26. The number of nitriles is 1. The van der Waals surface area contributed by atoms with Crippen LogP contribution in [0.2, 0.25) is 0 Å². The fourth-order valence-electron chi connectivity index (χ4n) is 3.90. The fourth-order valence-corrected chi connectivity index (χ4v) is 3.90. The second-order valence-electron chi connectivity index (χ2n) is 6.95. The molecule has 0 bridgehead atoms. The lowest BCUT2D eigenvalue weighted by Crippen LogP contribution is -2.34. The maximum atomic E-state index is 9.54. The molecule has 1 atom stereocenters. The highest BCUT2D eigenvalue weighted by molar-refractivity contribution is 5.60. The number of piperidine rings is 1. The first kappa shape index (κ1) is 16.4. The van der Waals surface area contributed by atoms with Gasteiger partial charge in [0.15, 0.2) is 11.5 Å². The summed E-state index contributed by atoms with van der Waals surface area (Å²) >= 11 is 0. The molecule has 0 aromatic carbocycles. The Kier molecular flexibility index (Phi) is 4.86. The minimum atomic E-state index is 0.237. The lowest BCUT2D eigenvalue weighted by atomic mass is 10.1. The van der Waals surface area contributed by atoms with Crippen molar-refractivity contribution in [3.05, 3.63) is 30.1 Å². The van der Waals surface area contributed by atoms with Crippen molar-refractivity contribution in [2.24, 2.45) is 0 Å². The zero-order chi connectivity index (χ0) is 17.1. The number of hydrogen-bond donors (Lipinski definition) is 0. The number of anilines is 1. The Bertz CT molecular complexity index is 759. The molecular weight excluding hydrogens is 314 g/mol. The summed E-state index contributed by atoms with van der Waals surface area (Å²) in [6, 6.07) is 8.12. The van der Waals surface area contributed by atoms with E-state index in [-0.39, 0.29) is 6.10 Å². The number of imidazole rings is 1. The number of ether oxygens (including phenoxy) is 1. The third-order valence-electron chi connectivity index (χ3n) is 5.27. The molecule has 2 aliphatic rings. The fraction of sp³-hybridized carbons (Fsp3) is 0.579. The largest absolute Gasteiger partial charge is 0.375 e. The molecule has 0 radical (unpaired) electrons. The van der Waals surface area contributed by atoms with Crippen LogP contribution in [0.3, 0.4) is 0 Å². The standard InChI is InChI=1S/C19H25N5O/c20-14-17-19(21-18-6-2-5-10-24(17)18)23-11-7-16(15-23)25-13-12-22-8-3-1-4-9-22/h2,5-6,10,16H,1,3-4,7-9,11-13,15H2/t16-/m0/s1. The molecular formula is C19H25N5O. The van der Waals surface area contributed by atoms with E-state index >= 15 is 0 Å². The topological polar surface area (TPSA) is 56.8 Å². The molecule has 4 heterocycles. The maximum absolute atomic E-state index is 9.54. The van der Waals surface area contributed by atoms with Gasteiger partial charge in [-0.3, -0.25) is 4.40 Å². The summed E-state index contributed by atoms with van der Waals surface area (Å²) in [5.74, 6) is 0.788. The molecule has 0 N–H and O–H groups in total. The van der Waals surface area contributed by atoms with Crippen LogP contribution >= 0.6 is 0 Å². The quantitative estimate of drug-likeness (QED) is 0.836. The van der Waals surface area contributed by atoms with Crippen LogP contribution in [0.4, 0.5) is 5.82 Å². The van der Waals surface area contributed by atoms with Crippen molar-refractivity contribution in [1.29, 1.82) is 5.26 Å². The van der Waals surface area contributed by atoms with E-state index in [9.17, 15) is 5.26 Å². The van der Waals surface area contributed by atoms with Crippen molar-refractivity contribution < 1.29 is 4.74 Å². The van der Waals surface area contributed by atoms with Crippen LogP contribution in [-0.2, 0) is 4.74 Å². The van der Waals surface area contributed by atoms with Crippen molar-refractivity contribution >= 4 is 11.5 Å². The second-order valence-corrected chi connectivity index (χ2v) is 6.95. The number of hydrogen-bond acceptors (Lipinski definition) is 5. The zero-order valence-electron chi connectivity index (χ0n) is 14.6. The number of fused-ring (bicyclic) bond motifs is 1. The summed E-state index contributed by atoms with van der Waals surface area (Å²) < 4.78 is 7.97. The Hall–Kier alpha value is -2.10. The molecule has 6 nitrogen and oxygen atoms in total. The molecule has 2 saturated heterocycles. The number of rotatable bonds is 5. The smallest absolute Gasteiger partial charge is 0.169 e. The van der Waals surface area contributed by atoms with Gasteiger partial charge in [-0.1, -0.05) is 12.5 Å². The molecule has 2 aliphatic heterocycles. The van der Waals surface area contributed by atoms with Gasteiger partial charge in [0.05, 0.1) is 12.7 Å². The predicted molar refractivity (Wildman–Crippen MR) is 96.8 cm³/mol. The Morgan fingerprint density at radius 3 is 2.92 bits per heavy atom. The van der Waals surface area contributed by atoms with Gasteiger partial charge in [0.25, 0.3) is 0 Å². The first-order valence-corrected chi connectivity index (χ1v) is 9.31. The van der Waals surface area contributed by atoms with Crippen LogP contribution in [0.15, 0.2) is 24.4 Å². The number of nitrogens with zero attached hydrogens (tertiary/aromatic N) is 5. The third kappa shape index (κ3) is 3.48. The van der Waals surface area contributed by atoms with Gasteiger partial charge in [-0.25, -0.2) is 4.98 Å². The Balaban J connectivity index is 1.35. The lowest BCUT2D eigenvalue weighted by molar-refractivity contribution is 0.0467. The van der Waals surface area contributed by atoms with Crippen LogP contribution < -0.4 is 4.90 Å². The van der Waals surface area contributed by atoms with Crippen molar-refractivity contribution in [2.75, 3.05) is 44.2 Å². The SMILES string of the molecule is N#Cc1c(N2CC[C@H](OCCN3CCCCC3)C2)nc2ccccn12. The van der Waals surface area contributed by atoms with Crippen LogP contribution in [0, 0.1) is 11.3 Å². The van der Waals surface area contributed by atoms with Gasteiger partial charge in [-0.05, 0) is 44.5 Å². The van der Waals surface area contributed by atoms with E-state index in [4.69, 9.17) is 4.74 Å². The summed E-state index contributed by atoms with van der Waals surface area (Å²) in [7, 11) is 0. The monoisotopic (exact) mass is 339 g/mol. The Labute approximate surface area is 148 Å². The zero-order valence-corrected chi connectivity index (χ0v) is 14.6. The van der Waals surface area contributed by atoms with Gasteiger partial charge in [0.2, 0.25) is 0 Å². The van der Waals surface area contributed by atoms with Gasteiger partial charge in [-0.15, -0.1) is 0 Å². The van der Waals surface area contributed by atoms with Crippen LogP contribution in [0.5, 0.6) is 0 Å². The first-order valence-electron chi connectivity index (χ1n) is 9.31. The van der Waals surface area contributed by atoms with Gasteiger partial charge in [-0.2, -0.15) is 5.26 Å². The maximum Gasteiger partial charge on any atom is 0.169 e. The summed E-state index contributed by atoms with van der Waals surface area (Å²) in [4.78, 5) is 9.35. The average molecular weight is 339 g/mol. The molecule has 2 fully saturated rings. The van der Waals surface area contributed by atoms with Crippen molar-refractivity contribution in [2.45, 2.75) is 31.8 Å². The Morgan fingerprint density at radius 1 is 1.20 bits per heavy atom. The molecule has 25 heavy (non-hydrogen) atoms. The minimum absolute atomic E-state index is 0.237. The molecule has 0 spiro atoms. The second kappa shape index (κ2) is 7.42. The summed E-state index contributed by atoms with van der Waals surface area (Å²) in [6.07, 6.45) is 7.14. The van der Waals surface area contributed by atoms with Gasteiger partial charge in [0.1, 0.15) is 11.7 Å². The van der Waals surface area contributed by atoms with E-state index < -0.39 is 0 Å². The van der Waals surface area contributed by atoms with Crippen LogP contribution in [0.25, 0.3) is 5.65 Å². The molecule has 4 rings (SSSR count). The molecule has 0 amide bonds. The molecule has 2 aromatic rings. The molecule has 0 saturated carbocycles. The molecule has 0 aliphatic carbocycles. The summed E-state index contributed by atoms with van der Waals surface area (Å²) in [6.45, 7) is 5.98. The van der Waals surface area contributed by atoms with E-state index in [1.807, 2.05) is 28.8 Å². The number of likely N-dealkylation sites (tertiary alicyclic amines) is 1. The number of pyridine rings is 1. The molecule has 0 unspecified atom stereocenters. The van der Waals surface area contributed by atoms with Crippen molar-refractivity contribution in [3.8, 4) is 6.07 Å². The highest BCUT2D eigenvalue weighted by Crippen LogP contribution is 2.25. The molecule has 132 valence electrons. The minimum Gasteiger partial charge on any atom is -0.375 e. The van der Waals surface area contributed by atoms with E-state index in [0.717, 1.165) is 44.1 Å². The average Bonchev–Trinajstić information content (AvgIpc) is 3.26. The van der Waals surface area contributed by atoms with Crippen LogP contribution in [0.1, 0.15) is 31.4 Å². The van der Waals surface area contributed by atoms with E-state index in [2.05, 4.69) is 20.9 Å². The van der Waals surface area contributed by atoms with E-state index in [1.165, 1.54) is 32.4 Å². The van der Waals surface area contributed by atoms with Gasteiger partial charge < -0.3 is 14.5 Å². The summed E-state index contributed by atoms with van der Waals surface area (Å²) in [5.41, 5.74) is 1.44. The Morgan fingerprint density at radius 2 is 2.08 bits per heavy atom. The normalized spacial score (nSPS) is 21.7. The molecule has 2 aromatic heterocycles. The first-order chi connectivity index (χ1) is 12.3. The summed E-state index contributed by atoms with van der Waals surface area (Å²) in [5, 5.41) is 9.54. The molecule has 6 heteroatoms. The van der Waals surface area contributed by atoms with Gasteiger partial charge in [0, 0.05) is 25.8 Å². The predicted octanol–water partition coefficient (Wildman–Crippen LogP) is 2.29.